The zero-order valence-corrected chi connectivity index (χ0v) is 16.0. The van der Waals surface area contributed by atoms with Gasteiger partial charge in [-0.25, -0.2) is 9.67 Å². The molecule has 0 aliphatic rings. The Balaban J connectivity index is 1.44. The van der Waals surface area contributed by atoms with Crippen LogP contribution in [0.1, 0.15) is 22.6 Å². The Hall–Kier alpha value is -2.67. The molecule has 0 fully saturated rings. The van der Waals surface area contributed by atoms with Crippen LogP contribution >= 0.6 is 11.3 Å². The van der Waals surface area contributed by atoms with Gasteiger partial charge in [-0.1, -0.05) is 17.7 Å². The van der Waals surface area contributed by atoms with Crippen LogP contribution in [0.4, 0.5) is 0 Å². The summed E-state index contributed by atoms with van der Waals surface area (Å²) in [6.07, 6.45) is 0.673. The summed E-state index contributed by atoms with van der Waals surface area (Å²) in [5, 5.41) is 10.1. The van der Waals surface area contributed by atoms with Crippen molar-refractivity contribution >= 4 is 17.2 Å². The molecule has 1 amide bonds. The van der Waals surface area contributed by atoms with Crippen LogP contribution < -0.4 is 10.1 Å². The summed E-state index contributed by atoms with van der Waals surface area (Å²) in [6.45, 7) is 6.52. The maximum Gasteiger partial charge on any atom is 0.257 e. The average molecular weight is 370 g/mol. The van der Waals surface area contributed by atoms with E-state index in [1.54, 1.807) is 11.3 Å². The quantitative estimate of drug-likeness (QED) is 0.694. The summed E-state index contributed by atoms with van der Waals surface area (Å²) < 4.78 is 7.31. The lowest BCUT2D eigenvalue weighted by molar-refractivity contribution is -0.123. The molecule has 0 aliphatic heterocycles. The molecule has 0 atom stereocenters. The first-order valence-electron chi connectivity index (χ1n) is 8.45. The van der Waals surface area contributed by atoms with E-state index in [1.165, 1.54) is 0 Å². The van der Waals surface area contributed by atoms with Crippen molar-refractivity contribution in [2.45, 2.75) is 27.2 Å². The number of hydrogen-bond donors (Lipinski definition) is 1. The second-order valence-corrected chi connectivity index (χ2v) is 7.00. The van der Waals surface area contributed by atoms with Crippen LogP contribution in [0.2, 0.25) is 0 Å². The number of carbonyl (C=O) groups is 1. The van der Waals surface area contributed by atoms with Gasteiger partial charge < -0.3 is 10.1 Å². The average Bonchev–Trinajstić information content (AvgIpc) is 3.20. The number of nitrogens with zero attached hydrogens (tertiary/aromatic N) is 3. The number of carbonyl (C=O) groups excluding carboxylic acids is 1. The number of aryl methyl sites for hydroxylation is 3. The molecule has 0 aliphatic carbocycles. The zero-order chi connectivity index (χ0) is 18.5. The highest BCUT2D eigenvalue weighted by molar-refractivity contribution is 7.12. The standard InChI is InChI=1S/C19H22N4O2S/c1-13-4-6-17(7-5-13)25-11-18(24)20-9-8-16-12-26-19(21-16)23-15(3)10-14(2)22-23/h4-7,10,12H,8-9,11H2,1-3H3,(H,20,24). The van der Waals surface area contributed by atoms with Crippen molar-refractivity contribution in [1.29, 1.82) is 0 Å². The summed E-state index contributed by atoms with van der Waals surface area (Å²) in [6, 6.07) is 9.65. The summed E-state index contributed by atoms with van der Waals surface area (Å²) in [5.41, 5.74) is 4.13. The number of benzene rings is 1. The Morgan fingerprint density at radius 2 is 2.00 bits per heavy atom. The fourth-order valence-corrected chi connectivity index (χ4v) is 3.36. The van der Waals surface area contributed by atoms with E-state index in [4.69, 9.17) is 4.74 Å². The van der Waals surface area contributed by atoms with Gasteiger partial charge in [0.15, 0.2) is 6.61 Å². The number of thiazole rings is 1. The number of aromatic nitrogens is 3. The molecule has 0 spiro atoms. The van der Waals surface area contributed by atoms with Crippen LogP contribution in [0.15, 0.2) is 35.7 Å². The van der Waals surface area contributed by atoms with Gasteiger partial charge in [-0.2, -0.15) is 5.10 Å². The van der Waals surface area contributed by atoms with Crippen molar-refractivity contribution in [1.82, 2.24) is 20.1 Å². The van der Waals surface area contributed by atoms with Crippen LogP contribution in [-0.4, -0.2) is 33.8 Å². The van der Waals surface area contributed by atoms with Gasteiger partial charge in [0.1, 0.15) is 5.75 Å². The molecule has 3 rings (SSSR count). The molecule has 2 aromatic heterocycles. The van der Waals surface area contributed by atoms with Gasteiger partial charge in [-0.3, -0.25) is 4.79 Å². The second-order valence-electron chi connectivity index (χ2n) is 6.16. The number of nitrogens with one attached hydrogen (secondary N) is 1. The van der Waals surface area contributed by atoms with Crippen LogP contribution in [0.5, 0.6) is 5.75 Å². The molecular weight excluding hydrogens is 348 g/mol. The summed E-state index contributed by atoms with van der Waals surface area (Å²) in [7, 11) is 0. The van der Waals surface area contributed by atoms with Gasteiger partial charge in [-0.05, 0) is 39.0 Å². The monoisotopic (exact) mass is 370 g/mol. The summed E-state index contributed by atoms with van der Waals surface area (Å²) in [4.78, 5) is 16.5. The Morgan fingerprint density at radius 3 is 2.69 bits per heavy atom. The Bertz CT molecular complexity index is 883. The van der Waals surface area contributed by atoms with Crippen LogP contribution in [-0.2, 0) is 11.2 Å². The molecule has 0 bridgehead atoms. The Labute approximate surface area is 156 Å². The van der Waals surface area contributed by atoms with Crippen molar-refractivity contribution in [2.24, 2.45) is 0 Å². The van der Waals surface area contributed by atoms with Gasteiger partial charge in [0.25, 0.3) is 5.91 Å². The largest absolute Gasteiger partial charge is 0.484 e. The van der Waals surface area contributed by atoms with Gasteiger partial charge in [0.05, 0.1) is 11.4 Å². The maximum absolute atomic E-state index is 11.9. The first-order valence-corrected chi connectivity index (χ1v) is 9.33. The summed E-state index contributed by atoms with van der Waals surface area (Å²) in [5.74, 6) is 0.555. The van der Waals surface area contributed by atoms with Crippen LogP contribution in [0, 0.1) is 20.8 Å². The first-order chi connectivity index (χ1) is 12.5. The number of ether oxygens (including phenoxy) is 1. The van der Waals surface area contributed by atoms with E-state index in [0.29, 0.717) is 18.7 Å². The van der Waals surface area contributed by atoms with Crippen molar-refractivity contribution < 1.29 is 9.53 Å². The third-order valence-corrected chi connectivity index (χ3v) is 4.69. The first kappa shape index (κ1) is 18.1. The van der Waals surface area contributed by atoms with E-state index in [2.05, 4.69) is 15.4 Å². The molecule has 0 unspecified atom stereocenters. The van der Waals surface area contributed by atoms with Crippen molar-refractivity contribution in [3.05, 3.63) is 58.4 Å². The smallest absolute Gasteiger partial charge is 0.257 e. The molecule has 1 N–H and O–H groups in total. The minimum absolute atomic E-state index is 0.0110. The zero-order valence-electron chi connectivity index (χ0n) is 15.2. The Kier molecular flexibility index (Phi) is 5.68. The van der Waals surface area contributed by atoms with Gasteiger partial charge in [0.2, 0.25) is 5.13 Å². The number of hydrogen-bond acceptors (Lipinski definition) is 5. The topological polar surface area (TPSA) is 69.0 Å². The van der Waals surface area contributed by atoms with E-state index in [9.17, 15) is 4.79 Å². The van der Waals surface area contributed by atoms with Gasteiger partial charge in [0, 0.05) is 24.0 Å². The van der Waals surface area contributed by atoms with E-state index >= 15 is 0 Å². The normalized spacial score (nSPS) is 10.7. The Morgan fingerprint density at radius 1 is 1.23 bits per heavy atom. The SMILES string of the molecule is Cc1ccc(OCC(=O)NCCc2csc(-n3nc(C)cc3C)n2)cc1. The lowest BCUT2D eigenvalue weighted by Gasteiger charge is -2.07. The molecule has 26 heavy (non-hydrogen) atoms. The van der Waals surface area contributed by atoms with Crippen molar-refractivity contribution in [2.75, 3.05) is 13.2 Å². The third-order valence-electron chi connectivity index (χ3n) is 3.82. The van der Waals surface area contributed by atoms with Crippen LogP contribution in [0.3, 0.4) is 0 Å². The highest BCUT2D eigenvalue weighted by Crippen LogP contribution is 2.17. The highest BCUT2D eigenvalue weighted by atomic mass is 32.1. The van der Waals surface area contributed by atoms with Gasteiger partial charge in [-0.15, -0.1) is 11.3 Å². The predicted molar refractivity (Wildman–Crippen MR) is 102 cm³/mol. The molecule has 0 radical (unpaired) electrons. The van der Waals surface area contributed by atoms with E-state index in [-0.39, 0.29) is 12.5 Å². The molecule has 2 heterocycles. The molecule has 7 heteroatoms. The molecule has 6 nitrogen and oxygen atoms in total. The van der Waals surface area contributed by atoms with Crippen LogP contribution in [0.25, 0.3) is 5.13 Å². The fourth-order valence-electron chi connectivity index (χ4n) is 2.50. The second kappa shape index (κ2) is 8.14. The molecule has 0 saturated heterocycles. The fraction of sp³-hybridized carbons (Fsp3) is 0.316. The molecule has 1 aromatic carbocycles. The predicted octanol–water partition coefficient (Wildman–Crippen LogP) is 2.99. The maximum atomic E-state index is 11.9. The highest BCUT2D eigenvalue weighted by Gasteiger charge is 2.09. The molecule has 136 valence electrons. The number of amides is 1. The van der Waals surface area contributed by atoms with E-state index in [1.807, 2.05) is 61.2 Å². The van der Waals surface area contributed by atoms with E-state index in [0.717, 1.165) is 27.8 Å². The lowest BCUT2D eigenvalue weighted by atomic mass is 10.2. The van der Waals surface area contributed by atoms with Crippen molar-refractivity contribution in [3.8, 4) is 10.9 Å². The lowest BCUT2D eigenvalue weighted by Crippen LogP contribution is -2.30. The van der Waals surface area contributed by atoms with E-state index < -0.39 is 0 Å². The van der Waals surface area contributed by atoms with Crippen molar-refractivity contribution in [3.63, 3.8) is 0 Å². The minimum Gasteiger partial charge on any atom is -0.484 e. The third kappa shape index (κ3) is 4.70. The molecule has 3 aromatic rings. The molecular formula is C19H22N4O2S. The number of rotatable bonds is 7. The minimum atomic E-state index is -0.139. The van der Waals surface area contributed by atoms with Gasteiger partial charge >= 0.3 is 0 Å². The molecule has 0 saturated carbocycles. The summed E-state index contributed by atoms with van der Waals surface area (Å²) >= 11 is 1.55.